The summed E-state index contributed by atoms with van der Waals surface area (Å²) >= 11 is 5.79. The maximum atomic E-state index is 12.4. The van der Waals surface area contributed by atoms with Crippen LogP contribution in [0.5, 0.6) is 0 Å². The average Bonchev–Trinajstić information content (AvgIpc) is 2.52. The summed E-state index contributed by atoms with van der Waals surface area (Å²) in [6.07, 6.45) is 2.27. The molecule has 0 radical (unpaired) electrons. The van der Waals surface area contributed by atoms with E-state index in [1.54, 1.807) is 17.0 Å². The van der Waals surface area contributed by atoms with E-state index in [4.69, 9.17) is 17.3 Å². The standard InChI is InChI=1S/C16H18ClN3O.2ClH/c17-14-6-7-15(19-12-14)16(21)20(11-9-18)10-8-13-4-2-1-3-5-13;;/h1-7,12H,8-11,18H2;2*1H. The maximum Gasteiger partial charge on any atom is 0.272 e. The van der Waals surface area contributed by atoms with Crippen molar-refractivity contribution in [1.82, 2.24) is 9.88 Å². The van der Waals surface area contributed by atoms with Crippen molar-refractivity contribution in [2.75, 3.05) is 19.6 Å². The van der Waals surface area contributed by atoms with E-state index in [1.807, 2.05) is 30.3 Å². The second-order valence-corrected chi connectivity index (χ2v) is 5.11. The van der Waals surface area contributed by atoms with Crippen molar-refractivity contribution in [3.8, 4) is 0 Å². The summed E-state index contributed by atoms with van der Waals surface area (Å²) in [7, 11) is 0. The number of halogens is 3. The molecule has 0 unspecified atom stereocenters. The monoisotopic (exact) mass is 375 g/mol. The van der Waals surface area contributed by atoms with Crippen LogP contribution in [0.2, 0.25) is 5.02 Å². The van der Waals surface area contributed by atoms with Gasteiger partial charge in [-0.15, -0.1) is 24.8 Å². The minimum absolute atomic E-state index is 0. The molecule has 0 saturated carbocycles. The number of pyridine rings is 1. The second kappa shape index (κ2) is 11.2. The molecule has 7 heteroatoms. The third kappa shape index (κ3) is 6.75. The summed E-state index contributed by atoms with van der Waals surface area (Å²) in [5, 5.41) is 0.515. The van der Waals surface area contributed by atoms with E-state index < -0.39 is 0 Å². The van der Waals surface area contributed by atoms with Crippen molar-refractivity contribution >= 4 is 42.3 Å². The van der Waals surface area contributed by atoms with E-state index in [-0.39, 0.29) is 30.7 Å². The third-order valence-corrected chi connectivity index (χ3v) is 3.37. The van der Waals surface area contributed by atoms with Crippen LogP contribution < -0.4 is 5.73 Å². The highest BCUT2D eigenvalue weighted by Gasteiger charge is 2.16. The van der Waals surface area contributed by atoms with Gasteiger partial charge in [-0.25, -0.2) is 4.98 Å². The van der Waals surface area contributed by atoms with Crippen LogP contribution in [0.3, 0.4) is 0 Å². The molecule has 0 fully saturated rings. The summed E-state index contributed by atoms with van der Waals surface area (Å²) < 4.78 is 0. The van der Waals surface area contributed by atoms with Crippen LogP contribution in [0, 0.1) is 0 Å². The third-order valence-electron chi connectivity index (χ3n) is 3.15. The zero-order valence-electron chi connectivity index (χ0n) is 12.5. The molecule has 0 aliphatic rings. The van der Waals surface area contributed by atoms with E-state index in [1.165, 1.54) is 11.8 Å². The van der Waals surface area contributed by atoms with Gasteiger partial charge in [0, 0.05) is 25.8 Å². The fourth-order valence-corrected chi connectivity index (χ4v) is 2.16. The Morgan fingerprint density at radius 2 is 1.78 bits per heavy atom. The highest BCUT2D eigenvalue weighted by atomic mass is 35.5. The minimum Gasteiger partial charge on any atom is -0.336 e. The van der Waals surface area contributed by atoms with Crippen LogP contribution in [0.1, 0.15) is 16.1 Å². The summed E-state index contributed by atoms with van der Waals surface area (Å²) in [6.45, 7) is 1.55. The molecule has 2 rings (SSSR count). The molecule has 0 aliphatic heterocycles. The zero-order valence-corrected chi connectivity index (χ0v) is 14.9. The molecule has 0 aliphatic carbocycles. The van der Waals surface area contributed by atoms with Crippen molar-refractivity contribution in [2.45, 2.75) is 6.42 Å². The molecule has 1 aromatic carbocycles. The Bertz CT molecular complexity index is 579. The van der Waals surface area contributed by atoms with Gasteiger partial charge >= 0.3 is 0 Å². The van der Waals surface area contributed by atoms with Crippen LogP contribution in [0.25, 0.3) is 0 Å². The first kappa shape index (κ1) is 21.7. The second-order valence-electron chi connectivity index (χ2n) is 4.68. The predicted molar refractivity (Wildman–Crippen MR) is 98.8 cm³/mol. The van der Waals surface area contributed by atoms with Crippen molar-refractivity contribution in [2.24, 2.45) is 5.73 Å². The predicted octanol–water partition coefficient (Wildman–Crippen LogP) is 3.22. The molecule has 0 bridgehead atoms. The van der Waals surface area contributed by atoms with E-state index in [0.717, 1.165) is 6.42 Å². The first-order chi connectivity index (χ1) is 10.2. The van der Waals surface area contributed by atoms with Gasteiger partial charge in [-0.05, 0) is 24.1 Å². The number of carbonyl (C=O) groups excluding carboxylic acids is 1. The molecule has 1 amide bonds. The lowest BCUT2D eigenvalue weighted by molar-refractivity contribution is 0.0756. The number of nitrogens with two attached hydrogens (primary N) is 1. The Morgan fingerprint density at radius 3 is 2.35 bits per heavy atom. The Balaban J connectivity index is 0.00000242. The van der Waals surface area contributed by atoms with Gasteiger partial charge in [0.05, 0.1) is 5.02 Å². The van der Waals surface area contributed by atoms with Crippen molar-refractivity contribution in [1.29, 1.82) is 0 Å². The fourth-order valence-electron chi connectivity index (χ4n) is 2.04. The van der Waals surface area contributed by atoms with Crippen LogP contribution in [0.15, 0.2) is 48.7 Å². The minimum atomic E-state index is -0.118. The number of amides is 1. The fraction of sp³-hybridized carbons (Fsp3) is 0.250. The van der Waals surface area contributed by atoms with E-state index in [9.17, 15) is 4.79 Å². The molecule has 0 spiro atoms. The smallest absolute Gasteiger partial charge is 0.272 e. The summed E-state index contributed by atoms with van der Waals surface area (Å²) in [5.41, 5.74) is 7.18. The Morgan fingerprint density at radius 1 is 1.09 bits per heavy atom. The summed E-state index contributed by atoms with van der Waals surface area (Å²) in [6, 6.07) is 13.4. The molecular formula is C16H20Cl3N3O. The number of hydrogen-bond donors (Lipinski definition) is 1. The zero-order chi connectivity index (χ0) is 15.1. The summed E-state index contributed by atoms with van der Waals surface area (Å²) in [4.78, 5) is 18.2. The molecule has 1 heterocycles. The lowest BCUT2D eigenvalue weighted by Gasteiger charge is -2.21. The van der Waals surface area contributed by atoms with Gasteiger partial charge in [-0.1, -0.05) is 41.9 Å². The summed E-state index contributed by atoms with van der Waals surface area (Å²) in [5.74, 6) is -0.118. The molecule has 1 aromatic heterocycles. The molecule has 126 valence electrons. The van der Waals surface area contributed by atoms with Crippen LogP contribution in [0.4, 0.5) is 0 Å². The maximum absolute atomic E-state index is 12.4. The first-order valence-electron chi connectivity index (χ1n) is 6.85. The van der Waals surface area contributed by atoms with Crippen LogP contribution in [-0.4, -0.2) is 35.4 Å². The van der Waals surface area contributed by atoms with Gasteiger partial charge in [0.25, 0.3) is 5.91 Å². The largest absolute Gasteiger partial charge is 0.336 e. The highest BCUT2D eigenvalue weighted by molar-refractivity contribution is 6.30. The number of hydrogen-bond acceptors (Lipinski definition) is 3. The SMILES string of the molecule is Cl.Cl.NCCN(CCc1ccccc1)C(=O)c1ccc(Cl)cn1. The Labute approximate surface area is 153 Å². The Kier molecular flexibility index (Phi) is 10.6. The van der Waals surface area contributed by atoms with Gasteiger partial charge in [0.15, 0.2) is 0 Å². The van der Waals surface area contributed by atoms with Crippen molar-refractivity contribution < 1.29 is 4.79 Å². The quantitative estimate of drug-likeness (QED) is 0.842. The highest BCUT2D eigenvalue weighted by Crippen LogP contribution is 2.09. The molecule has 2 N–H and O–H groups in total. The topological polar surface area (TPSA) is 59.2 Å². The first-order valence-corrected chi connectivity index (χ1v) is 7.23. The normalized spacial score (nSPS) is 9.48. The number of carbonyl (C=O) groups is 1. The van der Waals surface area contributed by atoms with E-state index in [0.29, 0.717) is 30.4 Å². The number of aromatic nitrogens is 1. The average molecular weight is 377 g/mol. The molecule has 23 heavy (non-hydrogen) atoms. The lowest BCUT2D eigenvalue weighted by Crippen LogP contribution is -2.37. The van der Waals surface area contributed by atoms with E-state index >= 15 is 0 Å². The van der Waals surface area contributed by atoms with Gasteiger partial charge < -0.3 is 10.6 Å². The lowest BCUT2D eigenvalue weighted by atomic mass is 10.1. The van der Waals surface area contributed by atoms with Crippen molar-refractivity contribution in [3.63, 3.8) is 0 Å². The molecular weight excluding hydrogens is 357 g/mol. The van der Waals surface area contributed by atoms with Gasteiger partial charge in [0.1, 0.15) is 5.69 Å². The Hall–Kier alpha value is -1.33. The van der Waals surface area contributed by atoms with Gasteiger partial charge in [-0.3, -0.25) is 4.79 Å². The molecule has 4 nitrogen and oxygen atoms in total. The molecule has 0 atom stereocenters. The van der Waals surface area contributed by atoms with Crippen LogP contribution in [-0.2, 0) is 6.42 Å². The van der Waals surface area contributed by atoms with Gasteiger partial charge in [0.2, 0.25) is 0 Å². The number of rotatable bonds is 6. The van der Waals surface area contributed by atoms with Gasteiger partial charge in [-0.2, -0.15) is 0 Å². The van der Waals surface area contributed by atoms with Crippen molar-refractivity contribution in [3.05, 3.63) is 64.9 Å². The number of benzene rings is 1. The molecule has 0 saturated heterocycles. The molecule has 2 aromatic rings. The number of nitrogens with zero attached hydrogens (tertiary/aromatic N) is 2. The van der Waals surface area contributed by atoms with E-state index in [2.05, 4.69) is 4.98 Å². The van der Waals surface area contributed by atoms with Crippen LogP contribution >= 0.6 is 36.4 Å².